The summed E-state index contributed by atoms with van der Waals surface area (Å²) in [5.74, 6) is -1.14. The Bertz CT molecular complexity index is 1270. The van der Waals surface area contributed by atoms with Crippen LogP contribution in [0.15, 0.2) is 48.8 Å². The van der Waals surface area contributed by atoms with E-state index in [0.29, 0.717) is 24.2 Å². The summed E-state index contributed by atoms with van der Waals surface area (Å²) in [5.41, 5.74) is 3.67. The molecule has 0 fully saturated rings. The fourth-order valence-electron chi connectivity index (χ4n) is 4.20. The van der Waals surface area contributed by atoms with Crippen LogP contribution in [0, 0.1) is 6.92 Å². The number of carboxylic acids is 1. The van der Waals surface area contributed by atoms with E-state index in [-0.39, 0.29) is 29.5 Å². The van der Waals surface area contributed by atoms with Gasteiger partial charge in [0.25, 0.3) is 5.91 Å². The number of hydrogen-bond donors (Lipinski definition) is 3. The van der Waals surface area contributed by atoms with Crippen LogP contribution in [0.4, 0.5) is 5.82 Å². The Morgan fingerprint density at radius 1 is 1.15 bits per heavy atom. The minimum atomic E-state index is -0.980. The van der Waals surface area contributed by atoms with Gasteiger partial charge in [-0.2, -0.15) is 0 Å². The van der Waals surface area contributed by atoms with Crippen molar-refractivity contribution in [1.29, 1.82) is 0 Å². The van der Waals surface area contributed by atoms with Gasteiger partial charge in [0.2, 0.25) is 5.91 Å². The van der Waals surface area contributed by atoms with Gasteiger partial charge in [-0.1, -0.05) is 18.2 Å². The molecule has 0 bridgehead atoms. The highest BCUT2D eigenvalue weighted by Crippen LogP contribution is 2.37. The summed E-state index contributed by atoms with van der Waals surface area (Å²) in [5, 5.41) is 14.9. The van der Waals surface area contributed by atoms with Crippen molar-refractivity contribution in [3.63, 3.8) is 0 Å². The fraction of sp³-hybridized carbons (Fsp3) is 0.240. The van der Waals surface area contributed by atoms with Gasteiger partial charge < -0.3 is 20.5 Å². The first-order chi connectivity index (χ1) is 16.4. The fourth-order valence-corrected chi connectivity index (χ4v) is 4.20. The van der Waals surface area contributed by atoms with Gasteiger partial charge in [-0.3, -0.25) is 9.59 Å². The first kappa shape index (κ1) is 22.9. The number of rotatable bonds is 7. The number of nitrogens with one attached hydrogen (secondary N) is 2. The van der Waals surface area contributed by atoms with Gasteiger partial charge in [0, 0.05) is 12.6 Å². The molecule has 0 saturated carbocycles. The van der Waals surface area contributed by atoms with E-state index in [0.717, 1.165) is 16.7 Å². The maximum absolute atomic E-state index is 13.0. The molecule has 3 N–H and O–H groups in total. The summed E-state index contributed by atoms with van der Waals surface area (Å²) in [6.45, 7) is 2.06. The van der Waals surface area contributed by atoms with E-state index in [9.17, 15) is 19.5 Å². The summed E-state index contributed by atoms with van der Waals surface area (Å²) < 4.78 is 5.19. The van der Waals surface area contributed by atoms with Crippen molar-refractivity contribution in [3.8, 4) is 5.75 Å². The number of benzene rings is 2. The van der Waals surface area contributed by atoms with Crippen molar-refractivity contribution in [1.82, 2.24) is 15.3 Å². The maximum atomic E-state index is 13.0. The highest BCUT2D eigenvalue weighted by atomic mass is 16.5. The number of carbonyl (C=O) groups is 3. The van der Waals surface area contributed by atoms with E-state index in [1.54, 1.807) is 20.1 Å². The molecule has 2 aromatic carbocycles. The lowest BCUT2D eigenvalue weighted by molar-refractivity contribution is -0.117. The van der Waals surface area contributed by atoms with Crippen LogP contribution in [0.2, 0.25) is 0 Å². The Kier molecular flexibility index (Phi) is 6.53. The molecule has 9 heteroatoms. The van der Waals surface area contributed by atoms with Crippen molar-refractivity contribution >= 4 is 23.6 Å². The third-order valence-corrected chi connectivity index (χ3v) is 5.98. The quantitative estimate of drug-likeness (QED) is 0.494. The molecule has 174 valence electrons. The highest BCUT2D eigenvalue weighted by molar-refractivity contribution is 5.98. The summed E-state index contributed by atoms with van der Waals surface area (Å²) in [4.78, 5) is 45.0. The number of ether oxygens (including phenoxy) is 1. The molecule has 1 aromatic heterocycles. The molecule has 4 rings (SSSR count). The monoisotopic (exact) mass is 460 g/mol. The number of anilines is 1. The standard InChI is InChI=1S/C25H24N4O5/c1-14-17-6-9-20(19(17)8-7-18(14)25(32)33)23(30)29-22-11-21(27-13-28-22)24(31)26-12-15-4-3-5-16(10-15)34-2/h3-5,7-8,10-11,13,20H,6,9,12H2,1-2H3,(H,26,31)(H,32,33)(H,27,28,29,30)/t20-/m0/s1. The average Bonchev–Trinajstić information content (AvgIpc) is 3.28. The van der Waals surface area contributed by atoms with Crippen LogP contribution < -0.4 is 15.4 Å². The number of amides is 2. The van der Waals surface area contributed by atoms with Crippen LogP contribution in [0.25, 0.3) is 0 Å². The molecule has 0 aliphatic heterocycles. The summed E-state index contributed by atoms with van der Waals surface area (Å²) >= 11 is 0. The predicted octanol–water partition coefficient (Wildman–Crippen LogP) is 3.09. The molecule has 0 spiro atoms. The van der Waals surface area contributed by atoms with Crippen LogP contribution in [-0.2, 0) is 17.8 Å². The van der Waals surface area contributed by atoms with Gasteiger partial charge in [0.05, 0.1) is 18.6 Å². The van der Waals surface area contributed by atoms with Crippen molar-refractivity contribution in [3.05, 3.63) is 82.3 Å². The van der Waals surface area contributed by atoms with Gasteiger partial charge >= 0.3 is 5.97 Å². The minimum Gasteiger partial charge on any atom is -0.497 e. The molecule has 0 saturated heterocycles. The average molecular weight is 460 g/mol. The van der Waals surface area contributed by atoms with Crippen LogP contribution in [0.3, 0.4) is 0 Å². The van der Waals surface area contributed by atoms with Crippen LogP contribution in [0.1, 0.15) is 55.4 Å². The number of carboxylic acid groups (broad SMARTS) is 1. The zero-order valence-corrected chi connectivity index (χ0v) is 18.8. The molecule has 1 heterocycles. The molecule has 0 unspecified atom stereocenters. The van der Waals surface area contributed by atoms with Crippen molar-refractivity contribution < 1.29 is 24.2 Å². The number of carbonyl (C=O) groups excluding carboxylic acids is 2. The van der Waals surface area contributed by atoms with Gasteiger partial charge in [-0.15, -0.1) is 0 Å². The second-order valence-electron chi connectivity index (χ2n) is 8.01. The van der Waals surface area contributed by atoms with Gasteiger partial charge in [-0.05, 0) is 60.2 Å². The summed E-state index contributed by atoms with van der Waals surface area (Å²) in [6.07, 6.45) is 2.42. The SMILES string of the molecule is COc1cccc(CNC(=O)c2cc(NC(=O)[C@H]3CCc4c3ccc(C(=O)O)c4C)ncn2)c1. The van der Waals surface area contributed by atoms with Crippen molar-refractivity contribution in [2.45, 2.75) is 32.2 Å². The molecule has 9 nitrogen and oxygen atoms in total. The second kappa shape index (κ2) is 9.70. The molecule has 1 aliphatic carbocycles. The first-order valence-corrected chi connectivity index (χ1v) is 10.8. The van der Waals surface area contributed by atoms with Crippen molar-refractivity contribution in [2.75, 3.05) is 12.4 Å². The number of hydrogen-bond acceptors (Lipinski definition) is 6. The van der Waals surface area contributed by atoms with E-state index >= 15 is 0 Å². The van der Waals surface area contributed by atoms with Crippen LogP contribution in [0.5, 0.6) is 5.75 Å². The lowest BCUT2D eigenvalue weighted by Crippen LogP contribution is -2.25. The first-order valence-electron chi connectivity index (χ1n) is 10.8. The van der Waals surface area contributed by atoms with E-state index < -0.39 is 17.8 Å². The zero-order valence-electron chi connectivity index (χ0n) is 18.8. The Labute approximate surface area is 196 Å². The topological polar surface area (TPSA) is 131 Å². The second-order valence-corrected chi connectivity index (χ2v) is 8.01. The van der Waals surface area contributed by atoms with Gasteiger partial charge in [0.15, 0.2) is 0 Å². The normalized spacial score (nSPS) is 14.2. The summed E-state index contributed by atoms with van der Waals surface area (Å²) in [7, 11) is 1.58. The molecule has 34 heavy (non-hydrogen) atoms. The number of aromatic carboxylic acids is 1. The number of fused-ring (bicyclic) bond motifs is 1. The number of aromatic nitrogens is 2. The third kappa shape index (κ3) is 4.73. The minimum absolute atomic E-state index is 0.127. The molecule has 1 aliphatic rings. The molecule has 2 amide bonds. The smallest absolute Gasteiger partial charge is 0.335 e. The van der Waals surface area contributed by atoms with E-state index in [1.165, 1.54) is 18.5 Å². The van der Waals surface area contributed by atoms with Crippen LogP contribution >= 0.6 is 0 Å². The molecular weight excluding hydrogens is 436 g/mol. The Hall–Kier alpha value is -4.27. The van der Waals surface area contributed by atoms with E-state index in [2.05, 4.69) is 20.6 Å². The Morgan fingerprint density at radius 3 is 2.74 bits per heavy atom. The number of methoxy groups -OCH3 is 1. The highest BCUT2D eigenvalue weighted by Gasteiger charge is 2.31. The Morgan fingerprint density at radius 2 is 1.97 bits per heavy atom. The number of nitrogens with zero attached hydrogens (tertiary/aromatic N) is 2. The lowest BCUT2D eigenvalue weighted by Gasteiger charge is -2.14. The maximum Gasteiger partial charge on any atom is 0.335 e. The van der Waals surface area contributed by atoms with E-state index in [4.69, 9.17) is 4.74 Å². The molecular formula is C25H24N4O5. The zero-order chi connectivity index (χ0) is 24.2. The Balaban J connectivity index is 1.43. The third-order valence-electron chi connectivity index (χ3n) is 5.98. The lowest BCUT2D eigenvalue weighted by atomic mass is 9.95. The molecule has 3 aromatic rings. The predicted molar refractivity (Wildman–Crippen MR) is 124 cm³/mol. The molecule has 0 radical (unpaired) electrons. The molecule has 1 atom stereocenters. The van der Waals surface area contributed by atoms with E-state index in [1.807, 2.05) is 24.3 Å². The van der Waals surface area contributed by atoms with Gasteiger partial charge in [-0.25, -0.2) is 14.8 Å². The van der Waals surface area contributed by atoms with Crippen LogP contribution in [-0.4, -0.2) is 40.0 Å². The van der Waals surface area contributed by atoms with Gasteiger partial charge in [0.1, 0.15) is 23.6 Å². The summed E-state index contributed by atoms with van der Waals surface area (Å²) in [6, 6.07) is 12.0. The largest absolute Gasteiger partial charge is 0.497 e. The van der Waals surface area contributed by atoms with Crippen molar-refractivity contribution in [2.24, 2.45) is 0 Å².